The maximum Gasteiger partial charge on any atom is 0.118 e. The Balaban J connectivity index is 2.04. The van der Waals surface area contributed by atoms with Crippen molar-refractivity contribution in [1.29, 1.82) is 0 Å². The fourth-order valence-corrected chi connectivity index (χ4v) is 2.41. The molecule has 0 spiro atoms. The SMILES string of the molecule is CCCNCCCCCCN(C)Cc1ccc(OC)cc1. The summed E-state index contributed by atoms with van der Waals surface area (Å²) < 4.78 is 5.18. The molecule has 1 aromatic rings. The van der Waals surface area contributed by atoms with E-state index >= 15 is 0 Å². The second-order valence-electron chi connectivity index (χ2n) is 5.75. The second kappa shape index (κ2) is 11.6. The van der Waals surface area contributed by atoms with Gasteiger partial charge in [-0.15, -0.1) is 0 Å². The molecule has 1 rings (SSSR count). The Morgan fingerprint density at radius 2 is 1.71 bits per heavy atom. The fraction of sp³-hybridized carbons (Fsp3) is 0.667. The first-order valence-corrected chi connectivity index (χ1v) is 8.28. The third kappa shape index (κ3) is 8.74. The fourth-order valence-electron chi connectivity index (χ4n) is 2.41. The third-order valence-corrected chi connectivity index (χ3v) is 3.68. The number of benzene rings is 1. The number of nitrogens with one attached hydrogen (secondary N) is 1. The van der Waals surface area contributed by atoms with Gasteiger partial charge in [0.1, 0.15) is 5.75 Å². The van der Waals surface area contributed by atoms with Crippen LogP contribution in [0.5, 0.6) is 5.75 Å². The highest BCUT2D eigenvalue weighted by atomic mass is 16.5. The van der Waals surface area contributed by atoms with Crippen molar-refractivity contribution in [2.75, 3.05) is 33.8 Å². The van der Waals surface area contributed by atoms with Crippen LogP contribution in [0.25, 0.3) is 0 Å². The number of methoxy groups -OCH3 is 1. The summed E-state index contributed by atoms with van der Waals surface area (Å²) in [4.78, 5) is 2.40. The number of nitrogens with zero attached hydrogens (tertiary/aromatic N) is 1. The van der Waals surface area contributed by atoms with Gasteiger partial charge in [-0.05, 0) is 63.6 Å². The van der Waals surface area contributed by atoms with Crippen molar-refractivity contribution in [3.63, 3.8) is 0 Å². The van der Waals surface area contributed by atoms with Crippen LogP contribution >= 0.6 is 0 Å². The first-order valence-electron chi connectivity index (χ1n) is 8.28. The van der Waals surface area contributed by atoms with Crippen molar-refractivity contribution in [2.45, 2.75) is 45.6 Å². The van der Waals surface area contributed by atoms with Crippen LogP contribution in [0.1, 0.15) is 44.6 Å². The Kier molecular flexibility index (Phi) is 9.92. The van der Waals surface area contributed by atoms with Crippen LogP contribution < -0.4 is 10.1 Å². The normalized spacial score (nSPS) is 11.0. The zero-order chi connectivity index (χ0) is 15.3. The highest BCUT2D eigenvalue weighted by Crippen LogP contribution is 2.12. The maximum atomic E-state index is 5.18. The lowest BCUT2D eigenvalue weighted by molar-refractivity contribution is 0.316. The Hall–Kier alpha value is -1.06. The molecule has 0 radical (unpaired) electrons. The minimum Gasteiger partial charge on any atom is -0.497 e. The molecule has 0 heterocycles. The molecule has 21 heavy (non-hydrogen) atoms. The van der Waals surface area contributed by atoms with Gasteiger partial charge in [0.2, 0.25) is 0 Å². The predicted octanol–water partition coefficient (Wildman–Crippen LogP) is 3.69. The van der Waals surface area contributed by atoms with Crippen molar-refractivity contribution in [3.8, 4) is 5.75 Å². The van der Waals surface area contributed by atoms with Gasteiger partial charge in [0.05, 0.1) is 7.11 Å². The average Bonchev–Trinajstić information content (AvgIpc) is 2.50. The molecule has 0 aliphatic rings. The van der Waals surface area contributed by atoms with Crippen LogP contribution in [0.2, 0.25) is 0 Å². The quantitative estimate of drug-likeness (QED) is 0.595. The number of unbranched alkanes of at least 4 members (excludes halogenated alkanes) is 3. The van der Waals surface area contributed by atoms with E-state index in [0.29, 0.717) is 0 Å². The molecule has 1 aromatic carbocycles. The summed E-state index contributed by atoms with van der Waals surface area (Å²) >= 11 is 0. The molecule has 3 nitrogen and oxygen atoms in total. The molecule has 0 aromatic heterocycles. The van der Waals surface area contributed by atoms with Gasteiger partial charge in [-0.2, -0.15) is 0 Å². The molecule has 3 heteroatoms. The minimum atomic E-state index is 0.929. The van der Waals surface area contributed by atoms with Gasteiger partial charge < -0.3 is 15.0 Å². The van der Waals surface area contributed by atoms with E-state index in [1.54, 1.807) is 7.11 Å². The first-order chi connectivity index (χ1) is 10.3. The molecule has 0 unspecified atom stereocenters. The van der Waals surface area contributed by atoms with Gasteiger partial charge in [0, 0.05) is 6.54 Å². The Morgan fingerprint density at radius 3 is 2.38 bits per heavy atom. The van der Waals surface area contributed by atoms with E-state index in [4.69, 9.17) is 4.74 Å². The van der Waals surface area contributed by atoms with Gasteiger partial charge in [0.25, 0.3) is 0 Å². The van der Waals surface area contributed by atoms with Gasteiger partial charge in [-0.3, -0.25) is 0 Å². The Labute approximate surface area is 130 Å². The van der Waals surface area contributed by atoms with Gasteiger partial charge >= 0.3 is 0 Å². The number of ether oxygens (including phenoxy) is 1. The molecule has 0 aliphatic carbocycles. The van der Waals surface area contributed by atoms with Crippen LogP contribution in [-0.4, -0.2) is 38.7 Å². The van der Waals surface area contributed by atoms with E-state index in [2.05, 4.69) is 36.3 Å². The van der Waals surface area contributed by atoms with Crippen molar-refractivity contribution in [3.05, 3.63) is 29.8 Å². The highest BCUT2D eigenvalue weighted by Gasteiger charge is 2.01. The minimum absolute atomic E-state index is 0.929. The Bertz CT molecular complexity index is 351. The zero-order valence-electron chi connectivity index (χ0n) is 14.0. The van der Waals surface area contributed by atoms with E-state index in [9.17, 15) is 0 Å². The maximum absolute atomic E-state index is 5.18. The lowest BCUT2D eigenvalue weighted by Gasteiger charge is -2.16. The summed E-state index contributed by atoms with van der Waals surface area (Å²) in [5, 5.41) is 3.46. The molecule has 0 bridgehead atoms. The van der Waals surface area contributed by atoms with Crippen LogP contribution in [0.4, 0.5) is 0 Å². The topological polar surface area (TPSA) is 24.5 Å². The summed E-state index contributed by atoms with van der Waals surface area (Å²) in [6, 6.07) is 8.36. The summed E-state index contributed by atoms with van der Waals surface area (Å²) in [5.41, 5.74) is 1.35. The number of rotatable bonds is 12. The van der Waals surface area contributed by atoms with Crippen molar-refractivity contribution in [2.24, 2.45) is 0 Å². The second-order valence-corrected chi connectivity index (χ2v) is 5.75. The van der Waals surface area contributed by atoms with Crippen LogP contribution in [0, 0.1) is 0 Å². The average molecular weight is 292 g/mol. The standard InChI is InChI=1S/C18H32N2O/c1-4-13-19-14-7-5-6-8-15-20(2)16-17-9-11-18(21-3)12-10-17/h9-12,19H,4-8,13-16H2,1-3H3. The monoisotopic (exact) mass is 292 g/mol. The smallest absolute Gasteiger partial charge is 0.118 e. The summed E-state index contributed by atoms with van der Waals surface area (Å²) in [6.07, 6.45) is 6.51. The summed E-state index contributed by atoms with van der Waals surface area (Å²) in [6.45, 7) is 6.74. The molecule has 0 fully saturated rings. The number of hydrogen-bond donors (Lipinski definition) is 1. The molecule has 0 saturated carbocycles. The van der Waals surface area contributed by atoms with Gasteiger partial charge in [0.15, 0.2) is 0 Å². The lowest BCUT2D eigenvalue weighted by Crippen LogP contribution is -2.19. The number of hydrogen-bond acceptors (Lipinski definition) is 3. The lowest BCUT2D eigenvalue weighted by atomic mass is 10.1. The van der Waals surface area contributed by atoms with Crippen LogP contribution in [0.3, 0.4) is 0 Å². The van der Waals surface area contributed by atoms with Crippen molar-refractivity contribution >= 4 is 0 Å². The molecule has 120 valence electrons. The van der Waals surface area contributed by atoms with Crippen LogP contribution in [0.15, 0.2) is 24.3 Å². The molecule has 1 N–H and O–H groups in total. The largest absolute Gasteiger partial charge is 0.497 e. The van der Waals surface area contributed by atoms with Gasteiger partial charge in [-0.1, -0.05) is 31.9 Å². The van der Waals surface area contributed by atoms with E-state index < -0.39 is 0 Å². The van der Waals surface area contributed by atoms with Crippen molar-refractivity contribution < 1.29 is 4.74 Å². The molecule has 0 saturated heterocycles. The third-order valence-electron chi connectivity index (χ3n) is 3.68. The molecular weight excluding hydrogens is 260 g/mol. The zero-order valence-corrected chi connectivity index (χ0v) is 14.0. The summed E-state index contributed by atoms with van der Waals surface area (Å²) in [5.74, 6) is 0.929. The predicted molar refractivity (Wildman–Crippen MR) is 91.0 cm³/mol. The van der Waals surface area contributed by atoms with E-state index in [-0.39, 0.29) is 0 Å². The van der Waals surface area contributed by atoms with Crippen LogP contribution in [-0.2, 0) is 6.54 Å². The van der Waals surface area contributed by atoms with Gasteiger partial charge in [-0.25, -0.2) is 0 Å². The molecule has 0 aliphatic heterocycles. The van der Waals surface area contributed by atoms with E-state index in [0.717, 1.165) is 18.8 Å². The Morgan fingerprint density at radius 1 is 1.00 bits per heavy atom. The molecule has 0 amide bonds. The molecule has 0 atom stereocenters. The van der Waals surface area contributed by atoms with E-state index in [1.165, 1.54) is 50.8 Å². The first kappa shape index (κ1) is 18.0. The highest BCUT2D eigenvalue weighted by molar-refractivity contribution is 5.26. The molecular formula is C18H32N2O. The van der Waals surface area contributed by atoms with Crippen molar-refractivity contribution in [1.82, 2.24) is 10.2 Å². The van der Waals surface area contributed by atoms with E-state index in [1.807, 2.05) is 12.1 Å². The summed E-state index contributed by atoms with van der Waals surface area (Å²) in [7, 11) is 3.91.